The van der Waals surface area contributed by atoms with Crippen LogP contribution in [0.3, 0.4) is 0 Å². The van der Waals surface area contributed by atoms with E-state index in [-0.39, 0.29) is 17.8 Å². The van der Waals surface area contributed by atoms with Crippen LogP contribution in [0.25, 0.3) is 10.8 Å². The maximum absolute atomic E-state index is 10.7. The molecule has 0 aliphatic carbocycles. The molecule has 0 aliphatic heterocycles. The van der Waals surface area contributed by atoms with Crippen molar-refractivity contribution in [3.63, 3.8) is 0 Å². The highest BCUT2D eigenvalue weighted by atomic mass is 16.3. The molecular weight excluding hydrogens is 322 g/mol. The minimum Gasteiger partial charge on any atom is -0.508 e. The van der Waals surface area contributed by atoms with Gasteiger partial charge in [0, 0.05) is 11.6 Å². The zero-order valence-electron chi connectivity index (χ0n) is 14.6. The fourth-order valence-corrected chi connectivity index (χ4v) is 3.44. The van der Waals surface area contributed by atoms with Crippen LogP contribution in [0.5, 0.6) is 5.75 Å². The van der Waals surface area contributed by atoms with E-state index in [1.165, 1.54) is 5.56 Å². The highest BCUT2D eigenvalue weighted by Gasteiger charge is 2.24. The average molecular weight is 343 g/mol. The lowest BCUT2D eigenvalue weighted by Crippen LogP contribution is -2.25. The molecule has 3 aromatic carbocycles. The molecule has 3 nitrogen and oxygen atoms in total. The lowest BCUT2D eigenvalue weighted by molar-refractivity contribution is 0.403. The van der Waals surface area contributed by atoms with Gasteiger partial charge in [0.25, 0.3) is 0 Å². The van der Waals surface area contributed by atoms with Crippen molar-refractivity contribution in [2.45, 2.75) is 19.0 Å². The van der Waals surface area contributed by atoms with E-state index in [1.807, 2.05) is 54.6 Å². The first-order chi connectivity index (χ1) is 12.7. The van der Waals surface area contributed by atoms with E-state index in [1.54, 1.807) is 12.3 Å². The van der Waals surface area contributed by atoms with Crippen LogP contribution in [0.2, 0.25) is 0 Å². The molecule has 0 aliphatic rings. The number of hydrogen-bond acceptors (Lipinski definition) is 3. The minimum absolute atomic E-state index is 0.0877. The summed E-state index contributed by atoms with van der Waals surface area (Å²) >= 11 is 0. The third kappa shape index (κ3) is 3.09. The summed E-state index contributed by atoms with van der Waals surface area (Å²) in [6, 6.07) is 25.7. The molecular formula is C23H21NO2. The largest absolute Gasteiger partial charge is 0.508 e. The molecule has 1 heterocycles. The third-order valence-electron chi connectivity index (χ3n) is 4.78. The smallest absolute Gasteiger partial charge is 0.125 e. The second-order valence-electron chi connectivity index (χ2n) is 6.47. The maximum Gasteiger partial charge on any atom is 0.125 e. The lowest BCUT2D eigenvalue weighted by atomic mass is 9.94. The van der Waals surface area contributed by atoms with Crippen LogP contribution in [-0.2, 0) is 0 Å². The van der Waals surface area contributed by atoms with Crippen LogP contribution in [0.4, 0.5) is 0 Å². The molecule has 0 saturated carbocycles. The van der Waals surface area contributed by atoms with Crippen LogP contribution in [-0.4, -0.2) is 5.11 Å². The molecule has 0 amide bonds. The zero-order chi connectivity index (χ0) is 17.9. The second-order valence-corrected chi connectivity index (χ2v) is 6.47. The fraction of sp³-hybridized carbons (Fsp3) is 0.130. The Kier molecular flexibility index (Phi) is 4.46. The number of rotatable bonds is 5. The van der Waals surface area contributed by atoms with Crippen molar-refractivity contribution in [1.29, 1.82) is 0 Å². The molecule has 130 valence electrons. The van der Waals surface area contributed by atoms with Crippen LogP contribution < -0.4 is 5.32 Å². The first kappa shape index (κ1) is 16.4. The monoisotopic (exact) mass is 343 g/mol. The van der Waals surface area contributed by atoms with Crippen molar-refractivity contribution in [1.82, 2.24) is 5.32 Å². The fourth-order valence-electron chi connectivity index (χ4n) is 3.44. The summed E-state index contributed by atoms with van der Waals surface area (Å²) in [6.45, 7) is 2.12. The van der Waals surface area contributed by atoms with Crippen molar-refractivity contribution < 1.29 is 9.52 Å². The molecule has 0 radical (unpaired) electrons. The number of nitrogens with one attached hydrogen (secondary N) is 1. The quantitative estimate of drug-likeness (QED) is 0.497. The number of aromatic hydroxyl groups is 1. The molecule has 3 heteroatoms. The van der Waals surface area contributed by atoms with Gasteiger partial charge in [-0.2, -0.15) is 0 Å². The van der Waals surface area contributed by atoms with Gasteiger partial charge in [0.1, 0.15) is 11.5 Å². The predicted molar refractivity (Wildman–Crippen MR) is 104 cm³/mol. The van der Waals surface area contributed by atoms with Crippen molar-refractivity contribution >= 4 is 10.8 Å². The second kappa shape index (κ2) is 7.06. The number of fused-ring (bicyclic) bond motifs is 1. The Bertz CT molecular complexity index is 993. The van der Waals surface area contributed by atoms with Gasteiger partial charge in [0.2, 0.25) is 0 Å². The van der Waals surface area contributed by atoms with Gasteiger partial charge in [-0.05, 0) is 41.5 Å². The van der Waals surface area contributed by atoms with Crippen molar-refractivity contribution in [3.05, 3.63) is 102 Å². The summed E-state index contributed by atoms with van der Waals surface area (Å²) in [5.74, 6) is 1.04. The molecule has 2 atom stereocenters. The molecule has 0 saturated heterocycles. The van der Waals surface area contributed by atoms with Gasteiger partial charge in [-0.15, -0.1) is 0 Å². The van der Waals surface area contributed by atoms with E-state index < -0.39 is 0 Å². The van der Waals surface area contributed by atoms with Gasteiger partial charge in [-0.25, -0.2) is 0 Å². The van der Waals surface area contributed by atoms with E-state index in [0.29, 0.717) is 0 Å². The van der Waals surface area contributed by atoms with Gasteiger partial charge in [0.15, 0.2) is 0 Å². The SMILES string of the molecule is C[C@@H](N[C@H](c1ccco1)c1c(O)ccc2ccccc12)c1ccccc1. The van der Waals surface area contributed by atoms with Gasteiger partial charge in [-0.3, -0.25) is 5.32 Å². The molecule has 26 heavy (non-hydrogen) atoms. The Morgan fingerprint density at radius 2 is 1.62 bits per heavy atom. The molecule has 0 spiro atoms. The number of benzene rings is 3. The Labute approximate surface area is 152 Å². The molecule has 4 rings (SSSR count). The van der Waals surface area contributed by atoms with Crippen LogP contribution in [0.1, 0.15) is 35.9 Å². The van der Waals surface area contributed by atoms with E-state index in [9.17, 15) is 5.11 Å². The summed E-state index contributed by atoms with van der Waals surface area (Å²) in [5, 5.41) is 16.4. The highest BCUT2D eigenvalue weighted by Crippen LogP contribution is 2.37. The van der Waals surface area contributed by atoms with Crippen LogP contribution in [0.15, 0.2) is 89.5 Å². The standard InChI is InChI=1S/C23H21NO2/c1-16(17-8-3-2-4-9-17)24-23(21-12-7-15-26-21)22-19-11-6-5-10-18(19)13-14-20(22)25/h2-16,23-25H,1H3/t16-,23-/m1/s1. The topological polar surface area (TPSA) is 45.4 Å². The summed E-state index contributed by atoms with van der Waals surface area (Å²) in [4.78, 5) is 0. The summed E-state index contributed by atoms with van der Waals surface area (Å²) in [7, 11) is 0. The molecule has 2 N–H and O–H groups in total. The summed E-state index contributed by atoms with van der Waals surface area (Å²) < 4.78 is 5.72. The van der Waals surface area contributed by atoms with Gasteiger partial charge < -0.3 is 9.52 Å². The lowest BCUT2D eigenvalue weighted by Gasteiger charge is -2.24. The Balaban J connectivity index is 1.82. The molecule has 0 bridgehead atoms. The van der Waals surface area contributed by atoms with E-state index in [0.717, 1.165) is 22.1 Å². The van der Waals surface area contributed by atoms with Gasteiger partial charge >= 0.3 is 0 Å². The van der Waals surface area contributed by atoms with Crippen LogP contribution >= 0.6 is 0 Å². The first-order valence-electron chi connectivity index (χ1n) is 8.79. The van der Waals surface area contributed by atoms with Crippen molar-refractivity contribution in [2.24, 2.45) is 0 Å². The van der Waals surface area contributed by atoms with E-state index in [4.69, 9.17) is 4.42 Å². The number of phenols is 1. The summed E-state index contributed by atoms with van der Waals surface area (Å²) in [6.07, 6.45) is 1.67. The van der Waals surface area contributed by atoms with Crippen molar-refractivity contribution in [2.75, 3.05) is 0 Å². The average Bonchev–Trinajstić information content (AvgIpc) is 3.22. The Morgan fingerprint density at radius 1 is 0.846 bits per heavy atom. The third-order valence-corrected chi connectivity index (χ3v) is 4.78. The molecule has 4 aromatic rings. The highest BCUT2D eigenvalue weighted by molar-refractivity contribution is 5.88. The number of phenolic OH excluding ortho intramolecular Hbond substituents is 1. The van der Waals surface area contributed by atoms with Gasteiger partial charge in [-0.1, -0.05) is 60.7 Å². The zero-order valence-corrected chi connectivity index (χ0v) is 14.6. The number of furan rings is 1. The molecule has 0 unspecified atom stereocenters. The molecule has 1 aromatic heterocycles. The van der Waals surface area contributed by atoms with E-state index in [2.05, 4.69) is 30.4 Å². The molecule has 0 fully saturated rings. The Hall–Kier alpha value is -3.04. The first-order valence-corrected chi connectivity index (χ1v) is 8.79. The summed E-state index contributed by atoms with van der Waals surface area (Å²) in [5.41, 5.74) is 2.02. The number of hydrogen-bond donors (Lipinski definition) is 2. The van der Waals surface area contributed by atoms with Crippen LogP contribution in [0, 0.1) is 0 Å². The van der Waals surface area contributed by atoms with Crippen molar-refractivity contribution in [3.8, 4) is 5.75 Å². The maximum atomic E-state index is 10.7. The predicted octanol–water partition coefficient (Wildman–Crippen LogP) is 5.58. The minimum atomic E-state index is -0.258. The van der Waals surface area contributed by atoms with Gasteiger partial charge in [0.05, 0.1) is 12.3 Å². The Morgan fingerprint density at radius 3 is 2.38 bits per heavy atom. The normalized spacial score (nSPS) is 13.6. The van der Waals surface area contributed by atoms with E-state index >= 15 is 0 Å².